The minimum atomic E-state index is -1.48. The molecule has 2 unspecified atom stereocenters. The summed E-state index contributed by atoms with van der Waals surface area (Å²) in [6, 6.07) is 8.71. The van der Waals surface area contributed by atoms with E-state index in [9.17, 15) is 22.4 Å². The van der Waals surface area contributed by atoms with E-state index in [1.807, 2.05) is 24.3 Å². The maximum atomic E-state index is 14.2. The van der Waals surface area contributed by atoms with Crippen molar-refractivity contribution in [3.63, 3.8) is 0 Å². The number of hydrogen-bond acceptors (Lipinski definition) is 6. The van der Waals surface area contributed by atoms with Gasteiger partial charge in [-0.25, -0.2) is 22.5 Å². The van der Waals surface area contributed by atoms with E-state index in [2.05, 4.69) is 30.2 Å². The minimum absolute atomic E-state index is 0.169. The number of methoxy groups -OCH3 is 1. The van der Waals surface area contributed by atoms with Crippen LogP contribution < -0.4 is 15.8 Å². The minimum Gasteiger partial charge on any atom is -0.381 e. The average Bonchev–Trinajstić information content (AvgIpc) is 3.53. The smallest absolute Gasteiger partial charge is 0.261 e. The SMILES string of the molecule is COC1c2cc3nc(-c4c(NC(C)Cc5c(F)c(F)cc(F)c5F)cc[nH]c4=O)[nH]c3cc2CN1c1cccnc1. The van der Waals surface area contributed by atoms with Gasteiger partial charge in [0.25, 0.3) is 5.56 Å². The fourth-order valence-corrected chi connectivity index (χ4v) is 5.30. The molecule has 12 heteroatoms. The van der Waals surface area contributed by atoms with Crippen LogP contribution in [0.15, 0.2) is 59.8 Å². The summed E-state index contributed by atoms with van der Waals surface area (Å²) in [5, 5.41) is 3.03. The summed E-state index contributed by atoms with van der Waals surface area (Å²) in [4.78, 5) is 29.7. The molecule has 0 saturated heterocycles. The van der Waals surface area contributed by atoms with Crippen LogP contribution in [0.3, 0.4) is 0 Å². The highest BCUT2D eigenvalue weighted by molar-refractivity contribution is 5.84. The van der Waals surface area contributed by atoms with Crippen LogP contribution in [-0.2, 0) is 17.7 Å². The molecule has 0 spiro atoms. The first-order valence-corrected chi connectivity index (χ1v) is 12.8. The summed E-state index contributed by atoms with van der Waals surface area (Å²) in [6.07, 6.45) is 4.15. The monoisotopic (exact) mass is 564 g/mol. The molecule has 0 radical (unpaired) electrons. The largest absolute Gasteiger partial charge is 0.381 e. The molecule has 3 N–H and O–H groups in total. The standard InChI is InChI=1S/C29H24F4N6O2/c1-14(8-18-25(32)19(30)11-20(31)26(18)33)36-21-5-7-35-28(40)24(21)27-37-22-9-15-13-39(16-4-3-6-34-12-16)29(41-2)17(15)10-23(22)38-27/h3-7,9-12,14,29H,8,13H2,1-2H3,(H,37,38)(H2,35,36,40). The van der Waals surface area contributed by atoms with Crippen molar-refractivity contribution in [1.29, 1.82) is 0 Å². The van der Waals surface area contributed by atoms with Crippen LogP contribution >= 0.6 is 0 Å². The summed E-state index contributed by atoms with van der Waals surface area (Å²) in [5.41, 5.74) is 3.48. The number of aromatic amines is 2. The number of H-pyrrole nitrogens is 2. The number of anilines is 2. The zero-order chi connectivity index (χ0) is 28.8. The van der Waals surface area contributed by atoms with Crippen molar-refractivity contribution in [1.82, 2.24) is 19.9 Å². The lowest BCUT2D eigenvalue weighted by atomic mass is 10.0. The Morgan fingerprint density at radius 2 is 1.93 bits per heavy atom. The number of fused-ring (bicyclic) bond motifs is 2. The van der Waals surface area contributed by atoms with Crippen LogP contribution in [0.5, 0.6) is 0 Å². The van der Waals surface area contributed by atoms with Crippen molar-refractivity contribution in [3.05, 3.63) is 105 Å². The summed E-state index contributed by atoms with van der Waals surface area (Å²) in [6.45, 7) is 2.16. The maximum absolute atomic E-state index is 14.2. The molecule has 1 aliphatic rings. The molecule has 2 aromatic carbocycles. The number of imidazole rings is 1. The second-order valence-electron chi connectivity index (χ2n) is 9.87. The quantitative estimate of drug-likeness (QED) is 0.176. The van der Waals surface area contributed by atoms with Crippen LogP contribution in [0.1, 0.15) is 29.8 Å². The lowest BCUT2D eigenvalue weighted by Crippen LogP contribution is -2.23. The molecule has 6 rings (SSSR count). The number of nitrogens with one attached hydrogen (secondary N) is 3. The summed E-state index contributed by atoms with van der Waals surface area (Å²) in [7, 11) is 1.63. The molecular formula is C29H24F4N6O2. The van der Waals surface area contributed by atoms with Crippen molar-refractivity contribution in [2.75, 3.05) is 17.3 Å². The highest BCUT2D eigenvalue weighted by Gasteiger charge is 2.32. The summed E-state index contributed by atoms with van der Waals surface area (Å²) >= 11 is 0. The van der Waals surface area contributed by atoms with Gasteiger partial charge in [-0.1, -0.05) is 0 Å². The third-order valence-corrected chi connectivity index (χ3v) is 7.15. The number of halogens is 4. The molecule has 3 aromatic heterocycles. The van der Waals surface area contributed by atoms with Crippen LogP contribution in [0.25, 0.3) is 22.4 Å². The van der Waals surface area contributed by atoms with E-state index in [4.69, 9.17) is 4.74 Å². The lowest BCUT2D eigenvalue weighted by molar-refractivity contribution is 0.107. The Kier molecular flexibility index (Phi) is 6.70. The van der Waals surface area contributed by atoms with Gasteiger partial charge in [-0.05, 0) is 49.2 Å². The zero-order valence-electron chi connectivity index (χ0n) is 21.9. The number of rotatable bonds is 7. The Morgan fingerprint density at radius 1 is 1.15 bits per heavy atom. The summed E-state index contributed by atoms with van der Waals surface area (Å²) in [5.74, 6) is -5.59. The van der Waals surface area contributed by atoms with Crippen molar-refractivity contribution in [2.45, 2.75) is 32.2 Å². The molecule has 0 bridgehead atoms. The van der Waals surface area contributed by atoms with Crippen LogP contribution in [0, 0.1) is 23.3 Å². The van der Waals surface area contributed by atoms with Gasteiger partial charge in [-0.15, -0.1) is 0 Å². The van der Waals surface area contributed by atoms with Gasteiger partial charge < -0.3 is 24.9 Å². The third kappa shape index (κ3) is 4.69. The van der Waals surface area contributed by atoms with E-state index in [1.54, 1.807) is 32.5 Å². The normalized spacial score (nSPS) is 15.4. The van der Waals surface area contributed by atoms with Gasteiger partial charge in [0.1, 0.15) is 11.4 Å². The predicted molar refractivity (Wildman–Crippen MR) is 145 cm³/mol. The molecule has 1 aliphatic heterocycles. The molecule has 0 fully saturated rings. The molecule has 0 aliphatic carbocycles. The van der Waals surface area contributed by atoms with Crippen molar-refractivity contribution in [3.8, 4) is 11.4 Å². The van der Waals surface area contributed by atoms with E-state index in [0.29, 0.717) is 23.3 Å². The van der Waals surface area contributed by atoms with Crippen molar-refractivity contribution >= 4 is 22.4 Å². The van der Waals surface area contributed by atoms with Crippen molar-refractivity contribution < 1.29 is 22.3 Å². The molecule has 210 valence electrons. The van der Waals surface area contributed by atoms with Gasteiger partial charge in [0.05, 0.1) is 28.6 Å². The number of hydrogen-bond donors (Lipinski definition) is 3. The Morgan fingerprint density at radius 3 is 2.63 bits per heavy atom. The number of nitrogens with zero attached hydrogens (tertiary/aromatic N) is 3. The molecule has 8 nitrogen and oxygen atoms in total. The predicted octanol–water partition coefficient (Wildman–Crippen LogP) is 5.58. The van der Waals surface area contributed by atoms with Crippen LogP contribution in [0.2, 0.25) is 0 Å². The second-order valence-corrected chi connectivity index (χ2v) is 9.87. The maximum Gasteiger partial charge on any atom is 0.261 e. The highest BCUT2D eigenvalue weighted by atomic mass is 19.2. The van der Waals surface area contributed by atoms with Crippen LogP contribution in [-0.4, -0.2) is 33.1 Å². The van der Waals surface area contributed by atoms with Gasteiger partial charge in [0.15, 0.2) is 29.5 Å². The van der Waals surface area contributed by atoms with Gasteiger partial charge in [0, 0.05) is 49.3 Å². The first-order chi connectivity index (χ1) is 19.7. The molecular weight excluding hydrogens is 540 g/mol. The van der Waals surface area contributed by atoms with E-state index < -0.39 is 40.4 Å². The number of benzene rings is 2. The van der Waals surface area contributed by atoms with Crippen LogP contribution in [0.4, 0.5) is 28.9 Å². The fourth-order valence-electron chi connectivity index (χ4n) is 5.30. The molecule has 41 heavy (non-hydrogen) atoms. The zero-order valence-corrected chi connectivity index (χ0v) is 21.9. The Hall–Kier alpha value is -4.71. The highest BCUT2D eigenvalue weighted by Crippen LogP contribution is 2.39. The second kappa shape index (κ2) is 10.4. The summed E-state index contributed by atoms with van der Waals surface area (Å²) < 4.78 is 61.7. The Labute approximate surface area is 231 Å². The third-order valence-electron chi connectivity index (χ3n) is 7.15. The first-order valence-electron chi connectivity index (χ1n) is 12.8. The number of aromatic nitrogens is 4. The van der Waals surface area contributed by atoms with Crippen molar-refractivity contribution in [2.24, 2.45) is 0 Å². The van der Waals surface area contributed by atoms with E-state index >= 15 is 0 Å². The lowest BCUT2D eigenvalue weighted by Gasteiger charge is -2.25. The topological polar surface area (TPSA) is 98.9 Å². The Bertz CT molecular complexity index is 1800. The molecule has 4 heterocycles. The van der Waals surface area contributed by atoms with Gasteiger partial charge in [-0.3, -0.25) is 9.78 Å². The number of pyridine rings is 2. The van der Waals surface area contributed by atoms with Gasteiger partial charge in [0.2, 0.25) is 0 Å². The van der Waals surface area contributed by atoms with E-state index in [0.717, 1.165) is 16.8 Å². The Balaban J connectivity index is 1.32. The fraction of sp³-hybridized carbons (Fsp3) is 0.207. The molecule has 0 saturated carbocycles. The molecule has 2 atom stereocenters. The van der Waals surface area contributed by atoms with E-state index in [1.165, 1.54) is 6.20 Å². The van der Waals surface area contributed by atoms with E-state index in [-0.39, 0.29) is 30.1 Å². The molecule has 5 aromatic rings. The number of ether oxygens (including phenoxy) is 1. The molecule has 0 amide bonds. The van der Waals surface area contributed by atoms with Gasteiger partial charge in [-0.2, -0.15) is 0 Å². The van der Waals surface area contributed by atoms with Gasteiger partial charge >= 0.3 is 0 Å². The average molecular weight is 565 g/mol. The first kappa shape index (κ1) is 26.5.